The van der Waals surface area contributed by atoms with Crippen LogP contribution < -0.4 is 0 Å². The van der Waals surface area contributed by atoms with Gasteiger partial charge >= 0.3 is 0 Å². The normalized spacial score (nSPS) is 17.3. The van der Waals surface area contributed by atoms with Crippen molar-refractivity contribution in [3.05, 3.63) is 23.0 Å². The van der Waals surface area contributed by atoms with Crippen LogP contribution in [0.1, 0.15) is 16.8 Å². The number of aliphatic hydroxyl groups is 1. The number of aromatic nitrogens is 1. The van der Waals surface area contributed by atoms with Gasteiger partial charge in [-0.1, -0.05) is 0 Å². The zero-order chi connectivity index (χ0) is 13.8. The van der Waals surface area contributed by atoms with Gasteiger partial charge in [-0.3, -0.25) is 9.99 Å². The topological polar surface area (TPSA) is 72.2 Å². The molecule has 0 spiro atoms. The summed E-state index contributed by atoms with van der Waals surface area (Å²) in [5.74, 6) is 0.0874. The van der Waals surface area contributed by atoms with Gasteiger partial charge in [0.05, 0.1) is 18.5 Å². The van der Waals surface area contributed by atoms with E-state index in [0.717, 1.165) is 26.2 Å². The molecule has 1 aromatic rings. The van der Waals surface area contributed by atoms with E-state index in [2.05, 4.69) is 22.0 Å². The monoisotopic (exact) mass is 264 g/mol. The molecule has 6 heteroatoms. The Kier molecular flexibility index (Phi) is 4.34. The number of hydrogen-bond acceptors (Lipinski definition) is 6. The summed E-state index contributed by atoms with van der Waals surface area (Å²) in [6, 6.07) is 0. The molecule has 1 fully saturated rings. The molecule has 0 aromatic carbocycles. The van der Waals surface area contributed by atoms with E-state index in [9.17, 15) is 10.2 Å². The smallest absolute Gasteiger partial charge is 0.145 e. The van der Waals surface area contributed by atoms with Crippen molar-refractivity contribution in [1.29, 1.82) is 0 Å². The number of aromatic hydroxyl groups is 1. The third-order valence-electron chi connectivity index (χ3n) is 3.36. The Morgan fingerprint density at radius 1 is 1.37 bits per heavy atom. The molecule has 104 valence electrons. The van der Waals surface area contributed by atoms with Crippen LogP contribution in [0.15, 0.2) is 11.3 Å². The van der Waals surface area contributed by atoms with Crippen molar-refractivity contribution in [3.63, 3.8) is 0 Å². The van der Waals surface area contributed by atoms with Gasteiger partial charge in [0, 0.05) is 43.5 Å². The molecule has 0 atom stereocenters. The molecule has 2 heterocycles. The lowest BCUT2D eigenvalue weighted by Crippen LogP contribution is -2.41. The van der Waals surface area contributed by atoms with Crippen LogP contribution in [0.4, 0.5) is 0 Å². The number of rotatable bonds is 3. The van der Waals surface area contributed by atoms with E-state index in [1.54, 1.807) is 19.3 Å². The molecule has 0 aliphatic carbocycles. The van der Waals surface area contributed by atoms with E-state index in [1.807, 2.05) is 5.01 Å². The Morgan fingerprint density at radius 3 is 2.68 bits per heavy atom. The lowest BCUT2D eigenvalue weighted by molar-refractivity contribution is 0.159. The van der Waals surface area contributed by atoms with Crippen LogP contribution in [0.5, 0.6) is 5.75 Å². The van der Waals surface area contributed by atoms with Crippen molar-refractivity contribution >= 4 is 6.21 Å². The molecule has 0 radical (unpaired) electrons. The van der Waals surface area contributed by atoms with Gasteiger partial charge in [0.1, 0.15) is 5.75 Å². The largest absolute Gasteiger partial charge is 0.505 e. The van der Waals surface area contributed by atoms with Gasteiger partial charge in [-0.25, -0.2) is 0 Å². The zero-order valence-electron chi connectivity index (χ0n) is 11.4. The number of piperazine rings is 1. The van der Waals surface area contributed by atoms with Gasteiger partial charge in [-0.05, 0) is 14.0 Å². The van der Waals surface area contributed by atoms with Crippen LogP contribution >= 0.6 is 0 Å². The van der Waals surface area contributed by atoms with Crippen LogP contribution in [0, 0.1) is 6.92 Å². The minimum absolute atomic E-state index is 0.0874. The third kappa shape index (κ3) is 3.21. The second kappa shape index (κ2) is 5.99. The van der Waals surface area contributed by atoms with E-state index in [4.69, 9.17) is 0 Å². The summed E-state index contributed by atoms with van der Waals surface area (Å²) < 4.78 is 0. The molecule has 0 saturated carbocycles. The highest BCUT2D eigenvalue weighted by molar-refractivity contribution is 5.85. The Labute approximate surface area is 113 Å². The minimum atomic E-state index is -0.162. The van der Waals surface area contributed by atoms with E-state index >= 15 is 0 Å². The Bertz CT molecular complexity index is 468. The molecule has 6 nitrogen and oxygen atoms in total. The van der Waals surface area contributed by atoms with Gasteiger partial charge in [0.25, 0.3) is 0 Å². The Hall–Kier alpha value is -1.66. The molecule has 1 saturated heterocycles. The lowest BCUT2D eigenvalue weighted by Gasteiger charge is -2.30. The first-order valence-corrected chi connectivity index (χ1v) is 6.37. The predicted octanol–water partition coefficient (Wildman–Crippen LogP) is 0.169. The van der Waals surface area contributed by atoms with Gasteiger partial charge in [-0.15, -0.1) is 0 Å². The van der Waals surface area contributed by atoms with Crippen LogP contribution in [0.2, 0.25) is 0 Å². The summed E-state index contributed by atoms with van der Waals surface area (Å²) in [5.41, 5.74) is 1.67. The molecule has 1 aliphatic heterocycles. The molecule has 1 aromatic heterocycles. The van der Waals surface area contributed by atoms with Crippen LogP contribution in [-0.4, -0.2) is 64.5 Å². The van der Waals surface area contributed by atoms with Crippen molar-refractivity contribution in [1.82, 2.24) is 14.9 Å². The van der Waals surface area contributed by atoms with Gasteiger partial charge < -0.3 is 15.1 Å². The predicted molar refractivity (Wildman–Crippen MR) is 73.2 cm³/mol. The molecule has 19 heavy (non-hydrogen) atoms. The highest BCUT2D eigenvalue weighted by Crippen LogP contribution is 2.22. The molecule has 0 amide bonds. The Balaban J connectivity index is 2.16. The molecule has 0 bridgehead atoms. The van der Waals surface area contributed by atoms with Crippen molar-refractivity contribution < 1.29 is 10.2 Å². The van der Waals surface area contributed by atoms with Crippen molar-refractivity contribution in [2.45, 2.75) is 13.5 Å². The second-order valence-electron chi connectivity index (χ2n) is 4.79. The fourth-order valence-electron chi connectivity index (χ4n) is 1.97. The summed E-state index contributed by atoms with van der Waals surface area (Å²) in [6.45, 7) is 5.25. The van der Waals surface area contributed by atoms with Crippen LogP contribution in [0.25, 0.3) is 0 Å². The molecule has 2 rings (SSSR count). The summed E-state index contributed by atoms with van der Waals surface area (Å²) >= 11 is 0. The van der Waals surface area contributed by atoms with Crippen LogP contribution in [-0.2, 0) is 6.61 Å². The van der Waals surface area contributed by atoms with E-state index in [0.29, 0.717) is 16.8 Å². The second-order valence-corrected chi connectivity index (χ2v) is 4.79. The first-order chi connectivity index (χ1) is 9.11. The number of nitrogens with zero attached hydrogens (tertiary/aromatic N) is 4. The Morgan fingerprint density at radius 2 is 2.05 bits per heavy atom. The maximum absolute atomic E-state index is 9.99. The fraction of sp³-hybridized carbons (Fsp3) is 0.538. The molecular weight excluding hydrogens is 244 g/mol. The van der Waals surface area contributed by atoms with Crippen molar-refractivity contribution in [2.75, 3.05) is 33.2 Å². The first kappa shape index (κ1) is 13.8. The number of aryl methyl sites for hydroxylation is 1. The van der Waals surface area contributed by atoms with Crippen LogP contribution in [0.3, 0.4) is 0 Å². The van der Waals surface area contributed by atoms with E-state index in [-0.39, 0.29) is 12.4 Å². The minimum Gasteiger partial charge on any atom is -0.505 e. The maximum atomic E-state index is 9.99. The van der Waals surface area contributed by atoms with Crippen molar-refractivity contribution in [3.8, 4) is 5.75 Å². The quantitative estimate of drug-likeness (QED) is 0.761. The number of aliphatic hydroxyl groups excluding tert-OH is 1. The summed E-state index contributed by atoms with van der Waals surface area (Å²) in [4.78, 5) is 6.27. The standard InChI is InChI=1S/C13H20N4O2/c1-10-13(19)12(11(9-18)7-14-10)8-15-17-5-3-16(2)4-6-17/h7-8,18-19H,3-6,9H2,1-2H3. The van der Waals surface area contributed by atoms with Gasteiger partial charge in [-0.2, -0.15) is 5.10 Å². The first-order valence-electron chi connectivity index (χ1n) is 6.37. The highest BCUT2D eigenvalue weighted by Gasteiger charge is 2.13. The third-order valence-corrected chi connectivity index (χ3v) is 3.36. The summed E-state index contributed by atoms with van der Waals surface area (Å²) in [5, 5.41) is 25.6. The van der Waals surface area contributed by atoms with Crippen molar-refractivity contribution in [2.24, 2.45) is 5.10 Å². The molecule has 2 N–H and O–H groups in total. The lowest BCUT2D eigenvalue weighted by atomic mass is 10.1. The average molecular weight is 264 g/mol. The number of pyridine rings is 1. The highest BCUT2D eigenvalue weighted by atomic mass is 16.3. The number of likely N-dealkylation sites (N-methyl/N-ethyl adjacent to an activating group) is 1. The van der Waals surface area contributed by atoms with E-state index in [1.165, 1.54) is 0 Å². The summed E-state index contributed by atoms with van der Waals surface area (Å²) in [7, 11) is 2.09. The van der Waals surface area contributed by atoms with Gasteiger partial charge in [0.2, 0.25) is 0 Å². The van der Waals surface area contributed by atoms with Gasteiger partial charge in [0.15, 0.2) is 0 Å². The summed E-state index contributed by atoms with van der Waals surface area (Å²) in [6.07, 6.45) is 3.18. The fourth-order valence-corrected chi connectivity index (χ4v) is 1.97. The van der Waals surface area contributed by atoms with E-state index < -0.39 is 0 Å². The SMILES string of the molecule is Cc1ncc(CO)c(C=NN2CCN(C)CC2)c1O. The number of hydrazone groups is 1. The molecule has 1 aliphatic rings. The average Bonchev–Trinajstić information content (AvgIpc) is 2.42. The maximum Gasteiger partial charge on any atom is 0.145 e. The molecular formula is C13H20N4O2. The number of hydrogen-bond donors (Lipinski definition) is 2. The zero-order valence-corrected chi connectivity index (χ0v) is 11.4. The molecule has 0 unspecified atom stereocenters.